The fourth-order valence-corrected chi connectivity index (χ4v) is 1.75. The summed E-state index contributed by atoms with van der Waals surface area (Å²) >= 11 is 0. The number of hydrogen-bond donors (Lipinski definition) is 0. The molecule has 0 saturated heterocycles. The van der Waals surface area contributed by atoms with E-state index in [0.717, 1.165) is 17.8 Å². The van der Waals surface area contributed by atoms with Crippen LogP contribution >= 0.6 is 0 Å². The van der Waals surface area contributed by atoms with Gasteiger partial charge in [-0.25, -0.2) is 0 Å². The molecule has 18 heavy (non-hydrogen) atoms. The Labute approximate surface area is 109 Å². The van der Waals surface area contributed by atoms with Crippen molar-refractivity contribution < 1.29 is 9.53 Å². The maximum Gasteiger partial charge on any atom is 0.319 e. The summed E-state index contributed by atoms with van der Waals surface area (Å²) < 4.78 is 6.60. The largest absolute Gasteiger partial charge is 0.468 e. The molecule has 0 amide bonds. The summed E-state index contributed by atoms with van der Waals surface area (Å²) in [6.07, 6.45) is 0.923. The van der Waals surface area contributed by atoms with Crippen LogP contribution < -0.4 is 0 Å². The molecule has 0 aliphatic heterocycles. The van der Waals surface area contributed by atoms with Crippen LogP contribution in [0.15, 0.2) is 6.07 Å². The van der Waals surface area contributed by atoms with Gasteiger partial charge in [0.25, 0.3) is 0 Å². The first-order valence-electron chi connectivity index (χ1n) is 6.30. The number of methoxy groups -OCH3 is 1. The number of rotatable bonds is 6. The van der Waals surface area contributed by atoms with Gasteiger partial charge >= 0.3 is 5.97 Å². The second-order valence-electron chi connectivity index (χ2n) is 4.68. The van der Waals surface area contributed by atoms with Crippen LogP contribution in [0, 0.1) is 0 Å². The van der Waals surface area contributed by atoms with Crippen molar-refractivity contribution >= 4 is 5.97 Å². The van der Waals surface area contributed by atoms with Crippen molar-refractivity contribution in [3.8, 4) is 0 Å². The highest BCUT2D eigenvalue weighted by molar-refractivity contribution is 5.71. The van der Waals surface area contributed by atoms with Gasteiger partial charge in [-0.3, -0.25) is 14.4 Å². The zero-order valence-corrected chi connectivity index (χ0v) is 11.9. The lowest BCUT2D eigenvalue weighted by molar-refractivity contribution is -0.142. The van der Waals surface area contributed by atoms with Gasteiger partial charge in [0.1, 0.15) is 0 Å². The van der Waals surface area contributed by atoms with E-state index in [1.165, 1.54) is 7.11 Å². The first-order chi connectivity index (χ1) is 8.47. The standard InChI is InChI=1S/C13H23N3O2/c1-6-11-7-12(15(4)14-11)8-16(10(2)3)9-13(17)18-5/h7,10H,6,8-9H2,1-5H3. The molecule has 1 heterocycles. The molecule has 0 unspecified atom stereocenters. The number of esters is 1. The number of carbonyl (C=O) groups excluding carboxylic acids is 1. The molecule has 0 atom stereocenters. The predicted molar refractivity (Wildman–Crippen MR) is 70.1 cm³/mol. The van der Waals surface area contributed by atoms with Crippen molar-refractivity contribution in [3.63, 3.8) is 0 Å². The maximum absolute atomic E-state index is 11.4. The number of ether oxygens (including phenoxy) is 1. The van der Waals surface area contributed by atoms with Crippen molar-refractivity contribution in [1.82, 2.24) is 14.7 Å². The summed E-state index contributed by atoms with van der Waals surface area (Å²) in [6.45, 7) is 7.23. The van der Waals surface area contributed by atoms with Crippen molar-refractivity contribution in [3.05, 3.63) is 17.5 Å². The molecule has 1 aromatic heterocycles. The van der Waals surface area contributed by atoms with Crippen LogP contribution in [0.1, 0.15) is 32.2 Å². The Kier molecular flexibility index (Phi) is 5.34. The van der Waals surface area contributed by atoms with E-state index in [1.807, 2.05) is 11.7 Å². The van der Waals surface area contributed by atoms with E-state index in [9.17, 15) is 4.79 Å². The minimum Gasteiger partial charge on any atom is -0.468 e. The molecule has 0 bridgehead atoms. The summed E-state index contributed by atoms with van der Waals surface area (Å²) in [5, 5.41) is 4.41. The second-order valence-corrected chi connectivity index (χ2v) is 4.68. The minimum absolute atomic E-state index is 0.207. The summed E-state index contributed by atoms with van der Waals surface area (Å²) in [7, 11) is 3.35. The maximum atomic E-state index is 11.4. The molecule has 0 fully saturated rings. The third kappa shape index (κ3) is 3.84. The van der Waals surface area contributed by atoms with Gasteiger partial charge in [-0.15, -0.1) is 0 Å². The van der Waals surface area contributed by atoms with Gasteiger partial charge in [0.15, 0.2) is 0 Å². The third-order valence-corrected chi connectivity index (χ3v) is 3.04. The highest BCUT2D eigenvalue weighted by Crippen LogP contribution is 2.10. The number of carbonyl (C=O) groups is 1. The average molecular weight is 253 g/mol. The van der Waals surface area contributed by atoms with Crippen LogP contribution in [0.3, 0.4) is 0 Å². The first-order valence-corrected chi connectivity index (χ1v) is 6.30. The molecule has 5 heteroatoms. The van der Waals surface area contributed by atoms with Crippen LogP contribution in [-0.2, 0) is 29.5 Å². The number of nitrogens with zero attached hydrogens (tertiary/aromatic N) is 3. The van der Waals surface area contributed by atoms with Gasteiger partial charge in [0, 0.05) is 19.6 Å². The molecule has 0 aliphatic rings. The summed E-state index contributed by atoms with van der Waals surface area (Å²) in [5.74, 6) is -0.207. The highest BCUT2D eigenvalue weighted by Gasteiger charge is 2.16. The van der Waals surface area contributed by atoms with E-state index < -0.39 is 0 Å². The van der Waals surface area contributed by atoms with E-state index in [-0.39, 0.29) is 12.0 Å². The fraction of sp³-hybridized carbons (Fsp3) is 0.692. The molecule has 102 valence electrons. The molecular weight excluding hydrogens is 230 g/mol. The Bertz CT molecular complexity index is 399. The molecule has 0 saturated carbocycles. The molecule has 1 rings (SSSR count). The van der Waals surface area contributed by atoms with Crippen molar-refractivity contribution in [1.29, 1.82) is 0 Å². The molecule has 0 aromatic carbocycles. The predicted octanol–water partition coefficient (Wildman–Crippen LogP) is 1.37. The summed E-state index contributed by atoms with van der Waals surface area (Å²) in [6, 6.07) is 2.37. The number of aryl methyl sites for hydroxylation is 2. The number of aromatic nitrogens is 2. The lowest BCUT2D eigenvalue weighted by atomic mass is 10.2. The lowest BCUT2D eigenvalue weighted by Gasteiger charge is -2.24. The van der Waals surface area contributed by atoms with E-state index >= 15 is 0 Å². The van der Waals surface area contributed by atoms with E-state index in [0.29, 0.717) is 13.1 Å². The van der Waals surface area contributed by atoms with Crippen molar-refractivity contribution in [2.75, 3.05) is 13.7 Å². The Hall–Kier alpha value is -1.36. The Balaban J connectivity index is 2.76. The number of hydrogen-bond acceptors (Lipinski definition) is 4. The SMILES string of the molecule is CCc1cc(CN(CC(=O)OC)C(C)C)n(C)n1. The van der Waals surface area contributed by atoms with Crippen molar-refractivity contribution in [2.45, 2.75) is 39.8 Å². The lowest BCUT2D eigenvalue weighted by Crippen LogP contribution is -2.36. The van der Waals surface area contributed by atoms with Crippen LogP contribution in [0.4, 0.5) is 0 Å². The van der Waals surface area contributed by atoms with Crippen LogP contribution in [0.2, 0.25) is 0 Å². The minimum atomic E-state index is -0.207. The zero-order valence-electron chi connectivity index (χ0n) is 11.9. The summed E-state index contributed by atoms with van der Waals surface area (Å²) in [4.78, 5) is 13.4. The molecule has 0 spiro atoms. The van der Waals surface area contributed by atoms with E-state index in [2.05, 4.69) is 36.8 Å². The Morgan fingerprint density at radius 1 is 1.56 bits per heavy atom. The van der Waals surface area contributed by atoms with E-state index in [1.54, 1.807) is 0 Å². The molecule has 5 nitrogen and oxygen atoms in total. The fourth-order valence-electron chi connectivity index (χ4n) is 1.75. The quantitative estimate of drug-likeness (QED) is 0.718. The Morgan fingerprint density at radius 2 is 2.22 bits per heavy atom. The average Bonchev–Trinajstić information content (AvgIpc) is 2.69. The monoisotopic (exact) mass is 253 g/mol. The zero-order chi connectivity index (χ0) is 13.7. The second kappa shape index (κ2) is 6.54. The van der Waals surface area contributed by atoms with Gasteiger partial charge < -0.3 is 4.74 Å². The summed E-state index contributed by atoms with van der Waals surface area (Å²) in [5.41, 5.74) is 2.19. The third-order valence-electron chi connectivity index (χ3n) is 3.04. The molecule has 0 aliphatic carbocycles. The van der Waals surface area contributed by atoms with Crippen molar-refractivity contribution in [2.24, 2.45) is 7.05 Å². The molecular formula is C13H23N3O2. The first kappa shape index (κ1) is 14.7. The van der Waals surface area contributed by atoms with Gasteiger partial charge in [0.05, 0.1) is 25.0 Å². The van der Waals surface area contributed by atoms with Gasteiger partial charge in [-0.05, 0) is 26.3 Å². The topological polar surface area (TPSA) is 47.4 Å². The van der Waals surface area contributed by atoms with Crippen LogP contribution in [-0.4, -0.2) is 40.3 Å². The molecule has 0 radical (unpaired) electrons. The van der Waals surface area contributed by atoms with Gasteiger partial charge in [0.2, 0.25) is 0 Å². The Morgan fingerprint density at radius 3 is 2.67 bits per heavy atom. The molecule has 1 aromatic rings. The molecule has 0 N–H and O–H groups in total. The van der Waals surface area contributed by atoms with Crippen LogP contribution in [0.5, 0.6) is 0 Å². The van der Waals surface area contributed by atoms with Gasteiger partial charge in [-0.2, -0.15) is 5.10 Å². The van der Waals surface area contributed by atoms with Crippen LogP contribution in [0.25, 0.3) is 0 Å². The highest BCUT2D eigenvalue weighted by atomic mass is 16.5. The normalized spacial score (nSPS) is 11.3. The van der Waals surface area contributed by atoms with Gasteiger partial charge in [-0.1, -0.05) is 6.92 Å². The smallest absolute Gasteiger partial charge is 0.319 e. The van der Waals surface area contributed by atoms with E-state index in [4.69, 9.17) is 4.74 Å².